The molecule has 1 aromatic carbocycles. The lowest BCUT2D eigenvalue weighted by molar-refractivity contribution is 0.416. The SMILES string of the molecule is Fc1cc(Br)ccc1Oc1ccc2nnnn2n1. The van der Waals surface area contributed by atoms with Crippen LogP contribution in [0.3, 0.4) is 0 Å². The first kappa shape index (κ1) is 11.0. The van der Waals surface area contributed by atoms with E-state index in [1.165, 1.54) is 16.8 Å². The second-order valence-electron chi connectivity index (χ2n) is 3.37. The Balaban J connectivity index is 1.95. The molecule has 2 heterocycles. The maximum atomic E-state index is 13.6. The van der Waals surface area contributed by atoms with Crippen molar-refractivity contribution in [1.82, 2.24) is 25.3 Å². The normalized spacial score (nSPS) is 10.8. The minimum Gasteiger partial charge on any atom is -0.434 e. The van der Waals surface area contributed by atoms with Crippen molar-refractivity contribution in [3.8, 4) is 11.6 Å². The lowest BCUT2D eigenvalue weighted by Gasteiger charge is -2.05. The molecule has 0 bridgehead atoms. The van der Waals surface area contributed by atoms with E-state index in [2.05, 4.69) is 36.6 Å². The molecule has 3 rings (SSSR count). The Morgan fingerprint density at radius 1 is 1.22 bits per heavy atom. The Bertz CT molecular complexity index is 716. The van der Waals surface area contributed by atoms with Crippen LogP contribution in [0, 0.1) is 5.82 Å². The van der Waals surface area contributed by atoms with Gasteiger partial charge in [-0.2, -0.15) is 0 Å². The van der Waals surface area contributed by atoms with Crippen LogP contribution >= 0.6 is 15.9 Å². The predicted octanol–water partition coefficient (Wildman–Crippen LogP) is 2.21. The molecule has 2 aromatic heterocycles. The van der Waals surface area contributed by atoms with Gasteiger partial charge in [-0.1, -0.05) is 15.9 Å². The van der Waals surface area contributed by atoms with E-state index in [0.29, 0.717) is 10.1 Å². The van der Waals surface area contributed by atoms with Crippen LogP contribution in [0.25, 0.3) is 5.65 Å². The minimum atomic E-state index is -0.483. The van der Waals surface area contributed by atoms with Gasteiger partial charge < -0.3 is 4.74 Å². The zero-order valence-electron chi connectivity index (χ0n) is 8.79. The molecule has 0 saturated heterocycles. The average molecular weight is 310 g/mol. The van der Waals surface area contributed by atoms with E-state index in [-0.39, 0.29) is 11.6 Å². The molecule has 0 amide bonds. The smallest absolute Gasteiger partial charge is 0.239 e. The van der Waals surface area contributed by atoms with Crippen molar-refractivity contribution in [2.45, 2.75) is 0 Å². The van der Waals surface area contributed by atoms with Gasteiger partial charge in [-0.15, -0.1) is 14.8 Å². The third-order valence-corrected chi connectivity index (χ3v) is 2.65. The zero-order valence-corrected chi connectivity index (χ0v) is 10.4. The molecule has 0 atom stereocenters. The van der Waals surface area contributed by atoms with Gasteiger partial charge in [0.25, 0.3) is 0 Å². The largest absolute Gasteiger partial charge is 0.434 e. The van der Waals surface area contributed by atoms with E-state index in [1.807, 2.05) is 0 Å². The molecule has 0 saturated carbocycles. The number of hydrogen-bond donors (Lipinski definition) is 0. The number of fused-ring (bicyclic) bond motifs is 1. The average Bonchev–Trinajstić information content (AvgIpc) is 2.80. The molecule has 3 aromatic rings. The summed E-state index contributed by atoms with van der Waals surface area (Å²) in [6.45, 7) is 0. The number of benzene rings is 1. The first-order chi connectivity index (χ1) is 8.72. The molecule has 0 unspecified atom stereocenters. The Labute approximate surface area is 109 Å². The van der Waals surface area contributed by atoms with Crippen LogP contribution in [0.1, 0.15) is 0 Å². The van der Waals surface area contributed by atoms with Crippen LogP contribution in [-0.2, 0) is 0 Å². The lowest BCUT2D eigenvalue weighted by atomic mass is 10.3. The summed E-state index contributed by atoms with van der Waals surface area (Å²) in [5, 5.41) is 14.7. The number of halogens is 2. The maximum Gasteiger partial charge on any atom is 0.239 e. The molecule has 0 aliphatic heterocycles. The summed E-state index contributed by atoms with van der Waals surface area (Å²) in [6.07, 6.45) is 0. The number of rotatable bonds is 2. The third-order valence-electron chi connectivity index (χ3n) is 2.15. The fraction of sp³-hybridized carbons (Fsp3) is 0. The molecule has 18 heavy (non-hydrogen) atoms. The van der Waals surface area contributed by atoms with E-state index < -0.39 is 5.82 Å². The second-order valence-corrected chi connectivity index (χ2v) is 4.29. The highest BCUT2D eigenvalue weighted by molar-refractivity contribution is 9.10. The molecule has 0 spiro atoms. The van der Waals surface area contributed by atoms with Crippen molar-refractivity contribution >= 4 is 21.6 Å². The van der Waals surface area contributed by atoms with Crippen LogP contribution in [0.4, 0.5) is 4.39 Å². The summed E-state index contributed by atoms with van der Waals surface area (Å²) in [5.41, 5.74) is 0.485. The number of nitrogens with zero attached hydrogens (tertiary/aromatic N) is 5. The quantitative estimate of drug-likeness (QED) is 0.726. The van der Waals surface area contributed by atoms with Crippen LogP contribution in [-0.4, -0.2) is 25.3 Å². The zero-order chi connectivity index (χ0) is 12.5. The van der Waals surface area contributed by atoms with E-state index in [4.69, 9.17) is 4.74 Å². The predicted molar refractivity (Wildman–Crippen MR) is 62.8 cm³/mol. The highest BCUT2D eigenvalue weighted by Crippen LogP contribution is 2.25. The van der Waals surface area contributed by atoms with Crippen molar-refractivity contribution in [3.05, 3.63) is 40.6 Å². The third kappa shape index (κ3) is 2.02. The standard InChI is InChI=1S/C10H5BrFN5O/c11-6-1-2-8(7(12)5-6)18-10-4-3-9-13-15-16-17(9)14-10/h1-5H. The summed E-state index contributed by atoms with van der Waals surface area (Å²) in [7, 11) is 0. The van der Waals surface area contributed by atoms with Gasteiger partial charge in [0.2, 0.25) is 5.88 Å². The van der Waals surface area contributed by atoms with Gasteiger partial charge in [0, 0.05) is 10.5 Å². The van der Waals surface area contributed by atoms with E-state index in [0.717, 1.165) is 0 Å². The molecule has 0 aliphatic rings. The Morgan fingerprint density at radius 3 is 2.94 bits per heavy atom. The topological polar surface area (TPSA) is 65.2 Å². The molecule has 90 valence electrons. The fourth-order valence-corrected chi connectivity index (χ4v) is 1.69. The van der Waals surface area contributed by atoms with Crippen LogP contribution in [0.5, 0.6) is 11.6 Å². The van der Waals surface area contributed by atoms with Crippen LogP contribution in [0.15, 0.2) is 34.8 Å². The molecule has 0 radical (unpaired) electrons. The summed E-state index contributed by atoms with van der Waals surface area (Å²) in [6, 6.07) is 7.68. The van der Waals surface area contributed by atoms with Gasteiger partial charge in [-0.3, -0.25) is 0 Å². The van der Waals surface area contributed by atoms with Gasteiger partial charge >= 0.3 is 0 Å². The fourth-order valence-electron chi connectivity index (χ4n) is 1.36. The molecule has 8 heteroatoms. The van der Waals surface area contributed by atoms with Crippen LogP contribution < -0.4 is 4.74 Å². The molecule has 6 nitrogen and oxygen atoms in total. The highest BCUT2D eigenvalue weighted by atomic mass is 79.9. The van der Waals surface area contributed by atoms with E-state index in [9.17, 15) is 4.39 Å². The summed E-state index contributed by atoms with van der Waals surface area (Å²) >= 11 is 3.17. The Hall–Kier alpha value is -2.09. The minimum absolute atomic E-state index is 0.0816. The number of hydrogen-bond acceptors (Lipinski definition) is 5. The van der Waals surface area contributed by atoms with Crippen molar-refractivity contribution < 1.29 is 9.13 Å². The van der Waals surface area contributed by atoms with E-state index in [1.54, 1.807) is 18.2 Å². The van der Waals surface area contributed by atoms with Crippen molar-refractivity contribution in [2.75, 3.05) is 0 Å². The first-order valence-corrected chi connectivity index (χ1v) is 5.70. The van der Waals surface area contributed by atoms with Crippen molar-refractivity contribution in [1.29, 1.82) is 0 Å². The van der Waals surface area contributed by atoms with E-state index >= 15 is 0 Å². The van der Waals surface area contributed by atoms with Gasteiger partial charge in [-0.25, -0.2) is 4.39 Å². The molecular weight excluding hydrogens is 305 g/mol. The monoisotopic (exact) mass is 309 g/mol. The van der Waals surface area contributed by atoms with Crippen molar-refractivity contribution in [3.63, 3.8) is 0 Å². The van der Waals surface area contributed by atoms with Gasteiger partial charge in [0.1, 0.15) is 0 Å². The molecular formula is C10H5BrFN5O. The highest BCUT2D eigenvalue weighted by Gasteiger charge is 2.07. The Kier molecular flexibility index (Phi) is 2.63. The van der Waals surface area contributed by atoms with Crippen molar-refractivity contribution in [2.24, 2.45) is 0 Å². The first-order valence-electron chi connectivity index (χ1n) is 4.91. The summed E-state index contributed by atoms with van der Waals surface area (Å²) in [4.78, 5) is 0. The molecule has 0 N–H and O–H groups in total. The number of ether oxygens (including phenoxy) is 1. The second kappa shape index (κ2) is 4.30. The molecule has 0 fully saturated rings. The molecule has 0 aliphatic carbocycles. The van der Waals surface area contributed by atoms with Gasteiger partial charge in [0.15, 0.2) is 17.2 Å². The maximum absolute atomic E-state index is 13.6. The number of tetrazole rings is 1. The summed E-state index contributed by atoms with van der Waals surface area (Å²) in [5.74, 6) is -0.197. The summed E-state index contributed by atoms with van der Waals surface area (Å²) < 4.78 is 20.7. The lowest BCUT2D eigenvalue weighted by Crippen LogP contribution is -1.98. The number of aromatic nitrogens is 5. The van der Waals surface area contributed by atoms with Crippen LogP contribution in [0.2, 0.25) is 0 Å². The van der Waals surface area contributed by atoms with Gasteiger partial charge in [-0.05, 0) is 34.7 Å². The Morgan fingerprint density at radius 2 is 2.11 bits per heavy atom. The van der Waals surface area contributed by atoms with Gasteiger partial charge in [0.05, 0.1) is 0 Å².